The van der Waals surface area contributed by atoms with Gasteiger partial charge in [0.2, 0.25) is 10.0 Å². The molecule has 1 saturated heterocycles. The minimum Gasteiger partial charge on any atom is -0.371 e. The number of benzene rings is 1. The molecule has 26 heavy (non-hydrogen) atoms. The van der Waals surface area contributed by atoms with Gasteiger partial charge in [-0.3, -0.25) is 9.69 Å². The number of ketones is 1. The largest absolute Gasteiger partial charge is 0.411 e. The van der Waals surface area contributed by atoms with E-state index in [4.69, 9.17) is 0 Å². The Balaban J connectivity index is 1.85. The third-order valence-corrected chi connectivity index (χ3v) is 5.96. The van der Waals surface area contributed by atoms with Crippen LogP contribution in [0.3, 0.4) is 0 Å². The molecular formula is C16H21F3N2O4S. The van der Waals surface area contributed by atoms with Gasteiger partial charge in [0.15, 0.2) is 5.78 Å². The summed E-state index contributed by atoms with van der Waals surface area (Å²) in [7, 11) is -3.66. The second kappa shape index (κ2) is 8.47. The van der Waals surface area contributed by atoms with E-state index >= 15 is 0 Å². The van der Waals surface area contributed by atoms with E-state index in [-0.39, 0.29) is 30.4 Å². The average Bonchev–Trinajstić information content (AvgIpc) is 2.58. The Bertz CT molecular complexity index is 712. The Morgan fingerprint density at radius 2 is 1.69 bits per heavy atom. The van der Waals surface area contributed by atoms with Gasteiger partial charge >= 0.3 is 6.18 Å². The molecule has 0 aromatic heterocycles. The maximum absolute atomic E-state index is 12.6. The highest BCUT2D eigenvalue weighted by Crippen LogP contribution is 2.19. The lowest BCUT2D eigenvalue weighted by Gasteiger charge is -2.33. The van der Waals surface area contributed by atoms with E-state index in [9.17, 15) is 26.4 Å². The second-order valence-electron chi connectivity index (χ2n) is 5.99. The molecule has 0 aliphatic carbocycles. The van der Waals surface area contributed by atoms with Crippen LogP contribution in [0.15, 0.2) is 29.2 Å². The van der Waals surface area contributed by atoms with Crippen molar-refractivity contribution in [2.75, 3.05) is 45.9 Å². The lowest BCUT2D eigenvalue weighted by Crippen LogP contribution is -2.49. The number of rotatable bonds is 7. The zero-order valence-corrected chi connectivity index (χ0v) is 15.1. The van der Waals surface area contributed by atoms with E-state index in [1.54, 1.807) is 0 Å². The number of nitrogens with zero attached hydrogens (tertiary/aromatic N) is 2. The van der Waals surface area contributed by atoms with E-state index in [1.807, 2.05) is 4.90 Å². The van der Waals surface area contributed by atoms with Crippen LogP contribution in [0.2, 0.25) is 0 Å². The molecule has 0 radical (unpaired) electrons. The first-order valence-corrected chi connectivity index (χ1v) is 9.51. The van der Waals surface area contributed by atoms with Gasteiger partial charge in [0, 0.05) is 38.3 Å². The molecule has 1 heterocycles. The van der Waals surface area contributed by atoms with Gasteiger partial charge in [-0.15, -0.1) is 0 Å². The van der Waals surface area contributed by atoms with Crippen LogP contribution in [0.25, 0.3) is 0 Å². The molecule has 1 aromatic rings. The molecule has 0 atom stereocenters. The van der Waals surface area contributed by atoms with Crippen molar-refractivity contribution < 1.29 is 31.1 Å². The van der Waals surface area contributed by atoms with Gasteiger partial charge in [-0.25, -0.2) is 8.42 Å². The molecule has 0 saturated carbocycles. The van der Waals surface area contributed by atoms with Crippen molar-refractivity contribution in [3.05, 3.63) is 29.8 Å². The zero-order chi connectivity index (χ0) is 19.4. The second-order valence-corrected chi connectivity index (χ2v) is 7.93. The lowest BCUT2D eigenvalue weighted by molar-refractivity contribution is -0.174. The van der Waals surface area contributed by atoms with E-state index in [0.717, 1.165) is 0 Å². The van der Waals surface area contributed by atoms with Crippen LogP contribution < -0.4 is 0 Å². The SMILES string of the molecule is CC(=O)c1ccc(S(=O)(=O)N2CCN(CCOCC(F)(F)F)CC2)cc1. The van der Waals surface area contributed by atoms with Gasteiger partial charge in [-0.05, 0) is 19.1 Å². The summed E-state index contributed by atoms with van der Waals surface area (Å²) in [6.07, 6.45) is -4.34. The van der Waals surface area contributed by atoms with Crippen LogP contribution in [0.4, 0.5) is 13.2 Å². The number of ether oxygens (including phenoxy) is 1. The highest BCUT2D eigenvalue weighted by Gasteiger charge is 2.29. The predicted molar refractivity (Wildman–Crippen MR) is 88.5 cm³/mol. The summed E-state index contributed by atoms with van der Waals surface area (Å²) in [5, 5.41) is 0. The molecule has 2 rings (SSSR count). The van der Waals surface area contributed by atoms with E-state index in [1.165, 1.54) is 35.5 Å². The molecule has 1 aliphatic heterocycles. The normalized spacial score (nSPS) is 17.4. The summed E-state index contributed by atoms with van der Waals surface area (Å²) < 4.78 is 67.2. The number of carbonyl (C=O) groups excluding carboxylic acids is 1. The van der Waals surface area contributed by atoms with E-state index in [0.29, 0.717) is 25.2 Å². The third-order valence-electron chi connectivity index (χ3n) is 4.05. The third kappa shape index (κ3) is 5.76. The van der Waals surface area contributed by atoms with Crippen molar-refractivity contribution in [1.29, 1.82) is 0 Å². The summed E-state index contributed by atoms with van der Waals surface area (Å²) in [5.41, 5.74) is 0.438. The molecule has 1 aromatic carbocycles. The number of piperazine rings is 1. The molecule has 0 bridgehead atoms. The molecule has 10 heteroatoms. The van der Waals surface area contributed by atoms with Crippen LogP contribution in [0, 0.1) is 0 Å². The number of hydrogen-bond donors (Lipinski definition) is 0. The molecular weight excluding hydrogens is 373 g/mol. The molecule has 0 amide bonds. The van der Waals surface area contributed by atoms with Crippen molar-refractivity contribution in [3.63, 3.8) is 0 Å². The van der Waals surface area contributed by atoms with Gasteiger partial charge in [-0.2, -0.15) is 17.5 Å². The number of halogens is 3. The number of sulfonamides is 1. The van der Waals surface area contributed by atoms with Crippen molar-refractivity contribution in [2.24, 2.45) is 0 Å². The molecule has 146 valence electrons. The van der Waals surface area contributed by atoms with Crippen LogP contribution in [-0.2, 0) is 14.8 Å². The average molecular weight is 394 g/mol. The van der Waals surface area contributed by atoms with Gasteiger partial charge in [0.25, 0.3) is 0 Å². The highest BCUT2D eigenvalue weighted by atomic mass is 32.2. The highest BCUT2D eigenvalue weighted by molar-refractivity contribution is 7.89. The fourth-order valence-corrected chi connectivity index (χ4v) is 4.01. The number of carbonyl (C=O) groups is 1. The van der Waals surface area contributed by atoms with Crippen LogP contribution in [-0.4, -0.2) is 75.5 Å². The van der Waals surface area contributed by atoms with Crippen LogP contribution in [0.1, 0.15) is 17.3 Å². The van der Waals surface area contributed by atoms with Gasteiger partial charge in [0.05, 0.1) is 11.5 Å². The standard InChI is InChI=1S/C16H21F3N2O4S/c1-13(22)14-2-4-15(5-3-14)26(23,24)21-8-6-20(7-9-21)10-11-25-12-16(17,18)19/h2-5H,6-12H2,1H3. The number of alkyl halides is 3. The zero-order valence-electron chi connectivity index (χ0n) is 14.3. The topological polar surface area (TPSA) is 66.9 Å². The molecule has 0 spiro atoms. The first-order valence-electron chi connectivity index (χ1n) is 8.07. The fourth-order valence-electron chi connectivity index (χ4n) is 2.59. The Hall–Kier alpha value is -1.49. The number of Topliss-reactive ketones (excluding diaryl/α,β-unsaturated/α-hetero) is 1. The summed E-state index contributed by atoms with van der Waals surface area (Å²) in [6.45, 7) is 1.71. The first kappa shape index (κ1) is 20.8. The van der Waals surface area contributed by atoms with Crippen molar-refractivity contribution in [2.45, 2.75) is 18.0 Å². The summed E-state index contributed by atoms with van der Waals surface area (Å²) >= 11 is 0. The van der Waals surface area contributed by atoms with Crippen LogP contribution in [0.5, 0.6) is 0 Å². The van der Waals surface area contributed by atoms with E-state index in [2.05, 4.69) is 4.74 Å². The monoisotopic (exact) mass is 394 g/mol. The minimum absolute atomic E-state index is 0.0568. The molecule has 0 unspecified atom stereocenters. The van der Waals surface area contributed by atoms with Crippen molar-refractivity contribution in [3.8, 4) is 0 Å². The molecule has 6 nitrogen and oxygen atoms in total. The Morgan fingerprint density at radius 1 is 1.12 bits per heavy atom. The summed E-state index contributed by atoms with van der Waals surface area (Å²) in [4.78, 5) is 13.2. The van der Waals surface area contributed by atoms with Gasteiger partial charge < -0.3 is 4.74 Å². The fraction of sp³-hybridized carbons (Fsp3) is 0.562. The van der Waals surface area contributed by atoms with Gasteiger partial charge in [0.1, 0.15) is 6.61 Å². The molecule has 0 N–H and O–H groups in total. The minimum atomic E-state index is -4.34. The molecule has 1 aliphatic rings. The van der Waals surface area contributed by atoms with Crippen molar-refractivity contribution >= 4 is 15.8 Å². The lowest BCUT2D eigenvalue weighted by atomic mass is 10.2. The predicted octanol–water partition coefficient (Wildman–Crippen LogP) is 1.77. The Labute approximate surface area is 150 Å². The maximum atomic E-state index is 12.6. The smallest absolute Gasteiger partial charge is 0.371 e. The van der Waals surface area contributed by atoms with Crippen molar-refractivity contribution in [1.82, 2.24) is 9.21 Å². The van der Waals surface area contributed by atoms with E-state index < -0.39 is 22.8 Å². The molecule has 1 fully saturated rings. The maximum Gasteiger partial charge on any atom is 0.411 e. The van der Waals surface area contributed by atoms with Gasteiger partial charge in [-0.1, -0.05) is 12.1 Å². The summed E-state index contributed by atoms with van der Waals surface area (Å²) in [5.74, 6) is -0.143. The first-order chi connectivity index (χ1) is 12.1. The Morgan fingerprint density at radius 3 is 2.19 bits per heavy atom. The number of hydrogen-bond acceptors (Lipinski definition) is 5. The van der Waals surface area contributed by atoms with Crippen LogP contribution >= 0.6 is 0 Å². The summed E-state index contributed by atoms with van der Waals surface area (Å²) in [6, 6.07) is 5.76. The Kier molecular flexibility index (Phi) is 6.78. The quantitative estimate of drug-likeness (QED) is 0.521.